The minimum absolute atomic E-state index is 0.214. The highest BCUT2D eigenvalue weighted by Gasteiger charge is 2.41. The highest BCUT2D eigenvalue weighted by Crippen LogP contribution is 2.49. The predicted octanol–water partition coefficient (Wildman–Crippen LogP) is 4.23. The third-order valence-electron chi connectivity index (χ3n) is 5.99. The Balaban J connectivity index is 2.11. The van der Waals surface area contributed by atoms with E-state index in [1.165, 1.54) is 36.4 Å². The van der Waals surface area contributed by atoms with E-state index in [4.69, 9.17) is 13.8 Å². The second-order valence-corrected chi connectivity index (χ2v) is 11.0. The topological polar surface area (TPSA) is 106 Å². The number of rotatable bonds is 15. The number of aromatic amines is 1. The molecule has 1 aliphatic rings. The van der Waals surface area contributed by atoms with Crippen LogP contribution in [0.1, 0.15) is 91.4 Å². The van der Waals surface area contributed by atoms with Crippen LogP contribution in [-0.4, -0.2) is 56.8 Å². The molecule has 2 heterocycles. The first kappa shape index (κ1) is 29.1. The lowest BCUT2D eigenvalue weighted by atomic mass is 10.1. The number of nitrogens with one attached hydrogen (secondary N) is 1. The lowest BCUT2D eigenvalue weighted by Gasteiger charge is -2.37. The zero-order chi connectivity index (χ0) is 25.3. The molecule has 0 spiro atoms. The van der Waals surface area contributed by atoms with Gasteiger partial charge >= 0.3 is 5.69 Å². The molecule has 196 valence electrons. The van der Waals surface area contributed by atoms with Gasteiger partial charge in [0.15, 0.2) is 0 Å². The molecule has 1 aromatic rings. The van der Waals surface area contributed by atoms with Gasteiger partial charge in [0.25, 0.3) is 14.1 Å². The van der Waals surface area contributed by atoms with Crippen molar-refractivity contribution in [3.63, 3.8) is 0 Å². The summed E-state index contributed by atoms with van der Waals surface area (Å²) in [5.74, 6) is 0. The van der Waals surface area contributed by atoms with Crippen molar-refractivity contribution in [2.24, 2.45) is 0 Å². The molecule has 1 fully saturated rings. The van der Waals surface area contributed by atoms with Crippen LogP contribution >= 0.6 is 8.53 Å². The molecule has 34 heavy (non-hydrogen) atoms. The zero-order valence-electron chi connectivity index (χ0n) is 21.7. The van der Waals surface area contributed by atoms with E-state index < -0.39 is 38.2 Å². The highest BCUT2D eigenvalue weighted by molar-refractivity contribution is 7.44. The summed E-state index contributed by atoms with van der Waals surface area (Å²) in [6.07, 6.45) is 7.30. The van der Waals surface area contributed by atoms with Crippen molar-refractivity contribution in [1.29, 1.82) is 0 Å². The van der Waals surface area contributed by atoms with Crippen LogP contribution in [0.15, 0.2) is 15.8 Å². The molecule has 9 nitrogen and oxygen atoms in total. The summed E-state index contributed by atoms with van der Waals surface area (Å²) < 4.78 is 22.4. The molecule has 0 aliphatic carbocycles. The number of H-pyrrole nitrogens is 1. The molecule has 1 saturated heterocycles. The average molecular weight is 502 g/mol. The van der Waals surface area contributed by atoms with Crippen molar-refractivity contribution in [3.05, 3.63) is 32.6 Å². The minimum Gasteiger partial charge on any atom is -0.394 e. The normalized spacial score (nSPS) is 21.8. The third kappa shape index (κ3) is 8.25. The van der Waals surface area contributed by atoms with Crippen LogP contribution in [0, 0.1) is 6.92 Å². The first-order valence-corrected chi connectivity index (χ1v) is 13.8. The van der Waals surface area contributed by atoms with Crippen molar-refractivity contribution in [3.8, 4) is 0 Å². The Morgan fingerprint density at radius 3 is 2.44 bits per heavy atom. The Hall–Kier alpha value is -1.09. The van der Waals surface area contributed by atoms with E-state index in [0.717, 1.165) is 12.8 Å². The molecule has 0 bridgehead atoms. The Morgan fingerprint density at radius 1 is 1.18 bits per heavy atom. The number of aliphatic hydroxyl groups is 1. The van der Waals surface area contributed by atoms with Crippen molar-refractivity contribution in [2.45, 2.75) is 117 Å². The molecular weight excluding hydrogens is 457 g/mol. The van der Waals surface area contributed by atoms with Gasteiger partial charge in [-0.05, 0) is 41.0 Å². The third-order valence-corrected chi connectivity index (χ3v) is 8.14. The lowest BCUT2D eigenvalue weighted by molar-refractivity contribution is -0.0440. The number of nitrogens with zero attached hydrogens (tertiary/aromatic N) is 2. The number of aliphatic hydroxyl groups excluding tert-OH is 1. The lowest BCUT2D eigenvalue weighted by Crippen LogP contribution is -2.36. The highest BCUT2D eigenvalue weighted by atomic mass is 31.2. The number of aromatic nitrogens is 2. The van der Waals surface area contributed by atoms with Crippen molar-refractivity contribution in [1.82, 2.24) is 14.2 Å². The summed E-state index contributed by atoms with van der Waals surface area (Å²) in [4.78, 5) is 26.4. The Labute approximate surface area is 204 Å². The number of unbranched alkanes of at least 4 members (excludes halogenated alkanes) is 5. The standard InChI is InChI=1S/C24H44N3O6P/c1-7-8-9-10-11-12-13-31-34(27(17(2)3)18(4)5)33-20-14-22(32-21(20)16-28)26-15-19(6)23(29)25-24(26)30/h15,17-18,20-22,28H,7-14,16H2,1-6H3,(H,25,29,30)/t20-,21-,22-,34?/m1/s1. The summed E-state index contributed by atoms with van der Waals surface area (Å²) in [6, 6.07) is 0.427. The van der Waals surface area contributed by atoms with Gasteiger partial charge in [0.1, 0.15) is 12.3 Å². The fraction of sp³-hybridized carbons (Fsp3) is 0.833. The fourth-order valence-electron chi connectivity index (χ4n) is 4.21. The minimum atomic E-state index is -1.38. The van der Waals surface area contributed by atoms with Crippen LogP contribution in [-0.2, 0) is 13.8 Å². The first-order chi connectivity index (χ1) is 16.2. The molecule has 0 saturated carbocycles. The van der Waals surface area contributed by atoms with E-state index >= 15 is 0 Å². The molecule has 10 heteroatoms. The molecule has 0 aromatic carbocycles. The van der Waals surface area contributed by atoms with Crippen molar-refractivity contribution >= 4 is 8.53 Å². The molecular formula is C24H44N3O6P. The summed E-state index contributed by atoms with van der Waals surface area (Å²) in [5, 5.41) is 9.96. The summed E-state index contributed by atoms with van der Waals surface area (Å²) in [5.41, 5.74) is -0.532. The van der Waals surface area contributed by atoms with Gasteiger partial charge in [0.2, 0.25) is 0 Å². The van der Waals surface area contributed by atoms with Crippen LogP contribution in [0.5, 0.6) is 0 Å². The maximum absolute atomic E-state index is 12.4. The Bertz CT molecular complexity index is 835. The molecule has 2 N–H and O–H groups in total. The van der Waals surface area contributed by atoms with Gasteiger partial charge in [-0.1, -0.05) is 39.0 Å². The van der Waals surface area contributed by atoms with Gasteiger partial charge in [0, 0.05) is 30.3 Å². The van der Waals surface area contributed by atoms with Gasteiger partial charge in [-0.3, -0.25) is 14.3 Å². The average Bonchev–Trinajstić information content (AvgIpc) is 3.17. The SMILES string of the molecule is CCCCCCCCOP(O[C@@H]1C[C@H](n2cc(C)c(=O)[nH]c2=O)O[C@@H]1CO)N(C(C)C)C(C)C. The molecule has 1 unspecified atom stereocenters. The number of hydrogen-bond donors (Lipinski definition) is 2. The summed E-state index contributed by atoms with van der Waals surface area (Å²) in [6.45, 7) is 12.7. The predicted molar refractivity (Wildman–Crippen MR) is 135 cm³/mol. The van der Waals surface area contributed by atoms with Gasteiger partial charge in [0.05, 0.1) is 19.3 Å². The van der Waals surface area contributed by atoms with Crippen LogP contribution < -0.4 is 11.2 Å². The molecule has 0 radical (unpaired) electrons. The summed E-state index contributed by atoms with van der Waals surface area (Å²) in [7, 11) is -1.38. The molecule has 4 atom stereocenters. The van der Waals surface area contributed by atoms with Gasteiger partial charge < -0.3 is 18.9 Å². The van der Waals surface area contributed by atoms with E-state index in [0.29, 0.717) is 18.6 Å². The monoisotopic (exact) mass is 501 g/mol. The number of hydrogen-bond acceptors (Lipinski definition) is 7. The van der Waals surface area contributed by atoms with Crippen molar-refractivity contribution in [2.75, 3.05) is 13.2 Å². The van der Waals surface area contributed by atoms with Gasteiger partial charge in [-0.25, -0.2) is 9.46 Å². The van der Waals surface area contributed by atoms with Gasteiger partial charge in [-0.15, -0.1) is 0 Å². The molecule has 2 rings (SSSR count). The first-order valence-electron chi connectivity index (χ1n) is 12.7. The Morgan fingerprint density at radius 2 is 1.82 bits per heavy atom. The van der Waals surface area contributed by atoms with Gasteiger partial charge in [-0.2, -0.15) is 0 Å². The van der Waals surface area contributed by atoms with E-state index in [9.17, 15) is 14.7 Å². The molecule has 1 aromatic heterocycles. The van der Waals surface area contributed by atoms with E-state index in [2.05, 4.69) is 44.3 Å². The smallest absolute Gasteiger partial charge is 0.330 e. The van der Waals surface area contributed by atoms with Crippen LogP contribution in [0.25, 0.3) is 0 Å². The van der Waals surface area contributed by atoms with Crippen LogP contribution in [0.2, 0.25) is 0 Å². The maximum Gasteiger partial charge on any atom is 0.330 e. The van der Waals surface area contributed by atoms with Crippen LogP contribution in [0.4, 0.5) is 0 Å². The number of aryl methyl sites for hydroxylation is 1. The maximum atomic E-state index is 12.4. The second kappa shape index (κ2) is 14.5. The van der Waals surface area contributed by atoms with Crippen LogP contribution in [0.3, 0.4) is 0 Å². The fourth-order valence-corrected chi connectivity index (χ4v) is 6.01. The summed E-state index contributed by atoms with van der Waals surface area (Å²) >= 11 is 0. The van der Waals surface area contributed by atoms with E-state index in [1.807, 2.05) is 0 Å². The zero-order valence-corrected chi connectivity index (χ0v) is 22.6. The van der Waals surface area contributed by atoms with Crippen molar-refractivity contribution < 1.29 is 18.9 Å². The molecule has 1 aliphatic heterocycles. The largest absolute Gasteiger partial charge is 0.394 e. The molecule has 0 amide bonds. The number of ether oxygens (including phenoxy) is 1. The van der Waals surface area contributed by atoms with E-state index in [-0.39, 0.29) is 18.7 Å². The van der Waals surface area contributed by atoms with E-state index in [1.54, 1.807) is 6.92 Å². The quantitative estimate of drug-likeness (QED) is 0.274. The Kier molecular flexibility index (Phi) is 12.4. The second-order valence-electron chi connectivity index (χ2n) is 9.58.